The highest BCUT2D eigenvalue weighted by molar-refractivity contribution is 6.10. The highest BCUT2D eigenvalue weighted by Gasteiger charge is 2.14. The van der Waals surface area contributed by atoms with E-state index in [0.29, 0.717) is 16.9 Å². The van der Waals surface area contributed by atoms with Crippen molar-refractivity contribution >= 4 is 29.0 Å². The van der Waals surface area contributed by atoms with Crippen molar-refractivity contribution in [1.29, 1.82) is 5.26 Å². The van der Waals surface area contributed by atoms with Crippen LogP contribution in [0.3, 0.4) is 0 Å². The maximum absolute atomic E-state index is 12.6. The third kappa shape index (κ3) is 6.39. The zero-order valence-electron chi connectivity index (χ0n) is 18.3. The lowest BCUT2D eigenvalue weighted by Gasteiger charge is -2.12. The van der Waals surface area contributed by atoms with E-state index in [0.717, 1.165) is 0 Å². The summed E-state index contributed by atoms with van der Waals surface area (Å²) in [4.78, 5) is 33.5. The van der Waals surface area contributed by atoms with Gasteiger partial charge in [0, 0.05) is 41.6 Å². The van der Waals surface area contributed by atoms with Gasteiger partial charge in [0.2, 0.25) is 0 Å². The van der Waals surface area contributed by atoms with Crippen molar-refractivity contribution in [2.75, 3.05) is 12.4 Å². The fourth-order valence-electron chi connectivity index (χ4n) is 3.01. The molecule has 0 aromatic heterocycles. The second kappa shape index (κ2) is 11.1. The quantitative estimate of drug-likeness (QED) is 0.203. The molecular weight excluding hydrogens is 456 g/mol. The zero-order chi connectivity index (χ0) is 25.4. The minimum atomic E-state index is -0.770. The van der Waals surface area contributed by atoms with Crippen LogP contribution in [0.5, 0.6) is 11.5 Å². The van der Waals surface area contributed by atoms with Gasteiger partial charge in [-0.25, -0.2) is 0 Å². The number of non-ortho nitro benzene ring substituents is 2. The van der Waals surface area contributed by atoms with Crippen LogP contribution in [-0.4, -0.2) is 22.9 Å². The molecule has 0 aliphatic rings. The van der Waals surface area contributed by atoms with Crippen LogP contribution in [0.1, 0.15) is 11.1 Å². The van der Waals surface area contributed by atoms with Crippen molar-refractivity contribution in [3.63, 3.8) is 0 Å². The van der Waals surface area contributed by atoms with Crippen LogP contribution in [0.4, 0.5) is 17.1 Å². The minimum absolute atomic E-state index is 0.0164. The van der Waals surface area contributed by atoms with Crippen molar-refractivity contribution in [2.24, 2.45) is 0 Å². The SMILES string of the molecule is COc1ccc(/C=C(\C#N)C(=O)Nc2cccc([N+](=O)[O-])c2)c(OCc2cccc([N+](=O)[O-])c2)c1. The average molecular weight is 474 g/mol. The highest BCUT2D eigenvalue weighted by Crippen LogP contribution is 2.28. The number of nitro benzene ring substituents is 2. The molecule has 0 heterocycles. The first kappa shape index (κ1) is 24.4. The smallest absolute Gasteiger partial charge is 0.271 e. The molecule has 3 rings (SSSR count). The van der Waals surface area contributed by atoms with E-state index in [4.69, 9.17) is 9.47 Å². The summed E-state index contributed by atoms with van der Waals surface area (Å²) in [5.74, 6) is -0.0454. The van der Waals surface area contributed by atoms with Crippen LogP contribution in [-0.2, 0) is 11.4 Å². The normalized spacial score (nSPS) is 10.7. The van der Waals surface area contributed by atoms with Crippen molar-refractivity contribution in [2.45, 2.75) is 6.61 Å². The molecule has 0 fully saturated rings. The Morgan fingerprint density at radius 2 is 1.71 bits per heavy atom. The molecule has 35 heavy (non-hydrogen) atoms. The lowest BCUT2D eigenvalue weighted by molar-refractivity contribution is -0.385. The van der Waals surface area contributed by atoms with E-state index < -0.39 is 15.8 Å². The Balaban J connectivity index is 1.86. The number of ether oxygens (including phenoxy) is 2. The van der Waals surface area contributed by atoms with Gasteiger partial charge in [0.1, 0.15) is 29.7 Å². The molecule has 0 aliphatic heterocycles. The fraction of sp³-hybridized carbons (Fsp3) is 0.0833. The number of hydrogen-bond donors (Lipinski definition) is 1. The molecule has 0 aliphatic carbocycles. The molecule has 11 nitrogen and oxygen atoms in total. The van der Waals surface area contributed by atoms with E-state index in [9.17, 15) is 30.3 Å². The maximum Gasteiger partial charge on any atom is 0.271 e. The van der Waals surface area contributed by atoms with Gasteiger partial charge in [0.15, 0.2) is 0 Å². The molecule has 0 saturated carbocycles. The van der Waals surface area contributed by atoms with Gasteiger partial charge >= 0.3 is 0 Å². The third-order valence-corrected chi connectivity index (χ3v) is 4.72. The van der Waals surface area contributed by atoms with Gasteiger partial charge in [-0.15, -0.1) is 0 Å². The van der Waals surface area contributed by atoms with E-state index in [2.05, 4.69) is 5.32 Å². The molecule has 11 heteroatoms. The zero-order valence-corrected chi connectivity index (χ0v) is 18.3. The number of anilines is 1. The molecule has 0 spiro atoms. The van der Waals surface area contributed by atoms with Crippen LogP contribution >= 0.6 is 0 Å². The average Bonchev–Trinajstić information content (AvgIpc) is 2.86. The van der Waals surface area contributed by atoms with E-state index in [1.54, 1.807) is 24.3 Å². The number of hydrogen-bond acceptors (Lipinski definition) is 8. The molecular formula is C24H18N4O7. The predicted octanol–water partition coefficient (Wildman–Crippen LogP) is 4.64. The van der Waals surface area contributed by atoms with Gasteiger partial charge in [-0.1, -0.05) is 18.2 Å². The van der Waals surface area contributed by atoms with Gasteiger partial charge in [0.05, 0.1) is 17.0 Å². The summed E-state index contributed by atoms with van der Waals surface area (Å²) in [5, 5.41) is 34.0. The van der Waals surface area contributed by atoms with Crippen molar-refractivity contribution < 1.29 is 24.1 Å². The predicted molar refractivity (Wildman–Crippen MR) is 126 cm³/mol. The van der Waals surface area contributed by atoms with Gasteiger partial charge in [0.25, 0.3) is 17.3 Å². The van der Waals surface area contributed by atoms with Crippen molar-refractivity contribution in [3.8, 4) is 17.6 Å². The van der Waals surface area contributed by atoms with Crippen LogP contribution in [0.15, 0.2) is 72.3 Å². The second-order valence-electron chi connectivity index (χ2n) is 7.05. The van der Waals surface area contributed by atoms with E-state index in [-0.39, 0.29) is 35.0 Å². The lowest BCUT2D eigenvalue weighted by atomic mass is 10.1. The summed E-state index contributed by atoms with van der Waals surface area (Å²) in [6, 6.07) is 17.8. The van der Waals surface area contributed by atoms with Crippen LogP contribution in [0.25, 0.3) is 6.08 Å². The Bertz CT molecular complexity index is 1360. The van der Waals surface area contributed by atoms with E-state index >= 15 is 0 Å². The number of amides is 1. The first-order valence-corrected chi connectivity index (χ1v) is 10.0. The molecule has 0 unspecified atom stereocenters. The van der Waals surface area contributed by atoms with Gasteiger partial charge < -0.3 is 14.8 Å². The van der Waals surface area contributed by atoms with E-state index in [1.165, 1.54) is 55.7 Å². The number of carbonyl (C=O) groups is 1. The first-order chi connectivity index (χ1) is 16.8. The van der Waals surface area contributed by atoms with Gasteiger partial charge in [-0.05, 0) is 29.8 Å². The molecule has 0 radical (unpaired) electrons. The standard InChI is InChI=1S/C24H18N4O7/c1-34-22-9-8-17(23(13-22)35-15-16-4-2-6-20(10-16)27(30)31)11-18(14-25)24(29)26-19-5-3-7-21(12-19)28(32)33/h2-13H,15H2,1H3,(H,26,29)/b18-11+. The summed E-state index contributed by atoms with van der Waals surface area (Å²) >= 11 is 0. The second-order valence-corrected chi connectivity index (χ2v) is 7.05. The number of nitro groups is 2. The van der Waals surface area contributed by atoms with E-state index in [1.807, 2.05) is 6.07 Å². The Morgan fingerprint density at radius 3 is 2.37 bits per heavy atom. The lowest BCUT2D eigenvalue weighted by Crippen LogP contribution is -2.13. The maximum atomic E-state index is 12.6. The summed E-state index contributed by atoms with van der Waals surface area (Å²) in [6.07, 6.45) is 1.30. The summed E-state index contributed by atoms with van der Waals surface area (Å²) in [6.45, 7) is -0.0164. The minimum Gasteiger partial charge on any atom is -0.497 e. The Hall–Kier alpha value is -5.24. The Morgan fingerprint density at radius 1 is 1.03 bits per heavy atom. The number of benzene rings is 3. The van der Waals surface area contributed by atoms with Crippen LogP contribution < -0.4 is 14.8 Å². The molecule has 3 aromatic carbocycles. The summed E-state index contributed by atoms with van der Waals surface area (Å²) < 4.78 is 11.0. The molecule has 0 bridgehead atoms. The Labute approximate surface area is 199 Å². The van der Waals surface area contributed by atoms with Crippen molar-refractivity contribution in [3.05, 3.63) is 104 Å². The fourth-order valence-corrected chi connectivity index (χ4v) is 3.01. The van der Waals surface area contributed by atoms with Gasteiger partial charge in [-0.3, -0.25) is 25.0 Å². The molecule has 1 amide bonds. The van der Waals surface area contributed by atoms with Crippen LogP contribution in [0.2, 0.25) is 0 Å². The first-order valence-electron chi connectivity index (χ1n) is 10.0. The third-order valence-electron chi connectivity index (χ3n) is 4.72. The number of rotatable bonds is 9. The largest absolute Gasteiger partial charge is 0.497 e. The molecule has 0 atom stereocenters. The topological polar surface area (TPSA) is 158 Å². The molecule has 3 aromatic rings. The molecule has 1 N–H and O–H groups in total. The number of methoxy groups -OCH3 is 1. The Kier molecular flexibility index (Phi) is 7.71. The number of nitrogens with one attached hydrogen (secondary N) is 1. The number of carbonyl (C=O) groups excluding carboxylic acids is 1. The van der Waals surface area contributed by atoms with Gasteiger partial charge in [-0.2, -0.15) is 5.26 Å². The molecule has 176 valence electrons. The molecule has 0 saturated heterocycles. The number of nitriles is 1. The summed E-state index contributed by atoms with van der Waals surface area (Å²) in [7, 11) is 1.46. The van der Waals surface area contributed by atoms with Crippen molar-refractivity contribution in [1.82, 2.24) is 0 Å². The monoisotopic (exact) mass is 474 g/mol. The summed E-state index contributed by atoms with van der Waals surface area (Å²) in [5.41, 5.74) is 0.505. The van der Waals surface area contributed by atoms with Crippen LogP contribution in [0, 0.1) is 31.6 Å². The number of nitrogens with zero attached hydrogens (tertiary/aromatic N) is 3. The highest BCUT2D eigenvalue weighted by atomic mass is 16.6.